The van der Waals surface area contributed by atoms with E-state index in [1.807, 2.05) is 54.6 Å². The summed E-state index contributed by atoms with van der Waals surface area (Å²) in [5.74, 6) is 8.26. The molecule has 1 aliphatic carbocycles. The van der Waals surface area contributed by atoms with Crippen molar-refractivity contribution in [2.45, 2.75) is 73.6 Å². The predicted octanol–water partition coefficient (Wildman–Crippen LogP) is 11.3. The molecule has 1 aliphatic rings. The molecule has 1 saturated carbocycles. The normalized spacial score (nSPS) is 11.9. The molecule has 8 N–H and O–H groups in total. The summed E-state index contributed by atoms with van der Waals surface area (Å²) in [5, 5.41) is 23.1. The first-order valence-corrected chi connectivity index (χ1v) is 41.9. The van der Waals surface area contributed by atoms with Gasteiger partial charge in [0.15, 0.2) is 45.2 Å². The lowest BCUT2D eigenvalue weighted by Gasteiger charge is -2.15. The molecule has 128 heavy (non-hydrogen) atoms. The Bertz CT molecular complexity index is 7750. The summed E-state index contributed by atoms with van der Waals surface area (Å²) in [6, 6.07) is 33.4. The second kappa shape index (κ2) is 34.4. The Morgan fingerprint density at radius 2 is 0.664 bits per heavy atom. The van der Waals surface area contributed by atoms with E-state index in [-0.39, 0.29) is 71.6 Å². The summed E-state index contributed by atoms with van der Waals surface area (Å²) in [7, 11) is 0. The van der Waals surface area contributed by atoms with Crippen molar-refractivity contribution in [3.05, 3.63) is 299 Å². The third kappa shape index (κ3) is 15.6. The van der Waals surface area contributed by atoms with Gasteiger partial charge in [0, 0.05) is 30.7 Å². The molecule has 0 radical (unpaired) electrons. The average molecular weight is 1970 g/mol. The van der Waals surface area contributed by atoms with E-state index in [4.69, 9.17) is 56.1 Å². The highest BCUT2D eigenvalue weighted by Crippen LogP contribution is 2.33. The molecule has 1 fully saturated rings. The minimum atomic E-state index is -0.542. The fourth-order valence-electron chi connectivity index (χ4n) is 14.8. The van der Waals surface area contributed by atoms with Crippen molar-refractivity contribution >= 4 is 180 Å². The van der Waals surface area contributed by atoms with Gasteiger partial charge >= 0.3 is 0 Å². The molecule has 0 bridgehead atoms. The summed E-state index contributed by atoms with van der Waals surface area (Å²) in [6.45, 7) is 9.46. The van der Waals surface area contributed by atoms with Gasteiger partial charge in [-0.25, -0.2) is 107 Å². The van der Waals surface area contributed by atoms with Crippen molar-refractivity contribution in [3.63, 3.8) is 0 Å². The summed E-state index contributed by atoms with van der Waals surface area (Å²) < 4.78 is 42.7. The van der Waals surface area contributed by atoms with E-state index in [1.165, 1.54) is 67.8 Å². The fourth-order valence-corrected chi connectivity index (χ4v) is 16.8. The molecule has 20 aromatic rings. The second-order valence-electron chi connectivity index (χ2n) is 29.3. The molecule has 0 unspecified atom stereocenters. The van der Waals surface area contributed by atoms with Crippen LogP contribution in [0.1, 0.15) is 69.8 Å². The van der Waals surface area contributed by atoms with Crippen LogP contribution in [0.3, 0.4) is 0 Å². The molecule has 0 saturated heterocycles. The quantitative estimate of drug-likeness (QED) is 0.0652. The maximum absolute atomic E-state index is 14.7. The first kappa shape index (κ1) is 83.8. The number of halogens is 6. The number of hydrogen-bond acceptors (Lipinski definition) is 28. The van der Waals surface area contributed by atoms with Crippen LogP contribution >= 0.6 is 68.4 Å². The van der Waals surface area contributed by atoms with Crippen molar-refractivity contribution < 1.29 is 8.78 Å². The molecule has 21 rings (SSSR count). The van der Waals surface area contributed by atoms with Gasteiger partial charge < -0.3 is 22.9 Å². The van der Waals surface area contributed by atoms with E-state index in [0.717, 1.165) is 24.0 Å². The highest BCUT2D eigenvalue weighted by Gasteiger charge is 2.28. The lowest BCUT2D eigenvalue weighted by molar-refractivity contribution is 0.598. The van der Waals surface area contributed by atoms with Gasteiger partial charge in [0.1, 0.15) is 123 Å². The minimum absolute atomic E-state index is 0.0467. The van der Waals surface area contributed by atoms with Gasteiger partial charge in [0.05, 0.1) is 81.6 Å². The van der Waals surface area contributed by atoms with Crippen molar-refractivity contribution in [2.75, 3.05) is 22.9 Å². The van der Waals surface area contributed by atoms with E-state index in [1.54, 1.807) is 143 Å². The van der Waals surface area contributed by atoms with E-state index in [2.05, 4.69) is 125 Å². The molecule has 0 amide bonds. The lowest BCUT2D eigenvalue weighted by atomic mass is 10.2. The molecule has 0 atom stereocenters. The number of hydrogen-bond donors (Lipinski definition) is 4. The van der Waals surface area contributed by atoms with Crippen LogP contribution in [0.5, 0.6) is 0 Å². The van der Waals surface area contributed by atoms with E-state index < -0.39 is 22.8 Å². The van der Waals surface area contributed by atoms with Crippen molar-refractivity contribution in [3.8, 4) is 34.6 Å². The topological polar surface area (TPSA) is 470 Å². The molecule has 4 aromatic carbocycles. The Morgan fingerprint density at radius 1 is 0.367 bits per heavy atom. The third-order valence-corrected chi connectivity index (χ3v) is 23.2. The molecule has 0 aliphatic heterocycles. The number of nitrogens with zero attached hydrogens (tertiary/aromatic N) is 28. The fraction of sp³-hybridized carbons (Fsp3) is 0.140. The summed E-state index contributed by atoms with van der Waals surface area (Å²) in [4.78, 5) is 124. The number of benzene rings is 4. The number of anilines is 4. The number of aryl methyl sites for hydroxylation is 5. The summed E-state index contributed by atoms with van der Waals surface area (Å²) in [5.41, 5.74) is 31.5. The maximum atomic E-state index is 14.7. The summed E-state index contributed by atoms with van der Waals surface area (Å²) in [6.07, 6.45) is 14.1. The number of pyridine rings is 4. The van der Waals surface area contributed by atoms with E-state index in [9.17, 15) is 28.0 Å². The number of fused-ring (bicyclic) bond motifs is 8. The SMILES string of the molecule is Cc1ccnc2nc(Cn3nc(C#CC4CC4)c4c(N)ncnc43)n(-c3ccccc3Cl)c(=O)c12.Cc1ccnc2nc(Cn3nc(I)c4c(N)ncnc43)n(-c3ccccc3Cl)c(=O)c12.Cc1ccnc2nc(Cn3nc(I)c4c(N)ncnc43)n(-c3ccccc3F)c(=O)c12.Cc1nn(Cc2nc3nccc(C)c3c(=O)n2-c2ccccc2F)c2ncnc(N)c12. The highest BCUT2D eigenvalue weighted by molar-refractivity contribution is 14.1. The Morgan fingerprint density at radius 3 is 1.02 bits per heavy atom. The third-order valence-electron chi connectivity index (χ3n) is 21.0. The Labute approximate surface area is 756 Å². The van der Waals surface area contributed by atoms with Gasteiger partial charge in [0.2, 0.25) is 0 Å². The van der Waals surface area contributed by atoms with Gasteiger partial charge in [-0.15, -0.1) is 0 Å². The van der Waals surface area contributed by atoms with Crippen LogP contribution in [0, 0.1) is 71.4 Å². The van der Waals surface area contributed by atoms with Gasteiger partial charge in [-0.3, -0.25) is 37.4 Å². The molecular formula is C86H64Cl2F2I2N32O4. The van der Waals surface area contributed by atoms with Crippen LogP contribution in [-0.4, -0.2) is 137 Å². The number of nitrogens with two attached hydrogens (primary N) is 4. The average Bonchev–Trinajstić information content (AvgIpc) is 0.992. The highest BCUT2D eigenvalue weighted by atomic mass is 127. The van der Waals surface area contributed by atoms with Crippen molar-refractivity contribution in [1.82, 2.24) is 137 Å². The molecule has 0 spiro atoms. The molecule has 36 nitrogen and oxygen atoms in total. The van der Waals surface area contributed by atoms with Crippen LogP contribution in [0.15, 0.2) is 191 Å². The Balaban J connectivity index is 0.000000115. The van der Waals surface area contributed by atoms with Gasteiger partial charge in [0.25, 0.3) is 22.2 Å². The van der Waals surface area contributed by atoms with Crippen LogP contribution < -0.4 is 45.2 Å². The second-order valence-corrected chi connectivity index (χ2v) is 32.2. The Kier molecular flexibility index (Phi) is 22.5. The van der Waals surface area contributed by atoms with Crippen molar-refractivity contribution in [2.24, 2.45) is 5.92 Å². The zero-order valence-corrected chi connectivity index (χ0v) is 73.5. The van der Waals surface area contributed by atoms with Gasteiger partial charge in [-0.05, 0) is 194 Å². The minimum Gasteiger partial charge on any atom is -0.383 e. The van der Waals surface area contributed by atoms with Gasteiger partial charge in [-0.2, -0.15) is 20.4 Å². The van der Waals surface area contributed by atoms with Crippen LogP contribution in [0.4, 0.5) is 32.1 Å². The largest absolute Gasteiger partial charge is 0.383 e. The number of aromatic nitrogens is 28. The van der Waals surface area contributed by atoms with Crippen molar-refractivity contribution in [1.29, 1.82) is 0 Å². The monoisotopic (exact) mass is 1970 g/mol. The van der Waals surface area contributed by atoms with E-state index in [0.29, 0.717) is 169 Å². The number of nitrogen functional groups attached to an aromatic ring is 4. The Hall–Kier alpha value is -15.1. The molecule has 634 valence electrons. The van der Waals surface area contributed by atoms with Crippen LogP contribution in [-0.2, 0) is 26.2 Å². The molecule has 42 heteroatoms. The standard InChI is InChI=1S/C25H19ClN8O.C21H17FN8O.C20H14ClIN8O.C20H14FIN8O/c1-14-10-11-28-23-20(14)25(35)34(18-5-3-2-4-16(18)26)19(31-23)12-33-24-21(22(27)29-13-30-24)17(32-33)9-8-15-6-7-15;1-11-7-8-24-19-16(11)21(31)30(14-6-4-3-5-13(14)22)15(27-19)9-29-20-17(12(2)28-29)18(23)25-10-26-20;2*1-10-6-7-24-18-14(10)20(31)30(12-5-3-2-4-11(12)21)13(27-18)8-29-19-15(16(22)28-29)17(23)25-9-26-19/h2-5,10-11,13,15H,6-7,12H2,1H3,(H2,27,29,30);3-8,10H,9H2,1-2H3,(H2,23,25,26);2*2-7,9H,8H2,1H3,(H2,23,25,26). The van der Waals surface area contributed by atoms with Crippen LogP contribution in [0.25, 0.3) is 111 Å². The smallest absolute Gasteiger partial charge is 0.268 e. The number of rotatable bonds is 12. The van der Waals surface area contributed by atoms with Crippen LogP contribution in [0.2, 0.25) is 10.0 Å². The van der Waals surface area contributed by atoms with Gasteiger partial charge in [-0.1, -0.05) is 77.7 Å². The summed E-state index contributed by atoms with van der Waals surface area (Å²) >= 11 is 17.1. The first-order chi connectivity index (χ1) is 61.9. The van der Waals surface area contributed by atoms with E-state index >= 15 is 0 Å². The molecule has 16 aromatic heterocycles. The first-order valence-electron chi connectivity index (χ1n) is 39.0. The zero-order valence-electron chi connectivity index (χ0n) is 67.7. The maximum Gasteiger partial charge on any atom is 0.268 e. The lowest BCUT2D eigenvalue weighted by Crippen LogP contribution is -2.27. The molecular weight excluding hydrogens is 1910 g/mol. The molecule has 16 heterocycles. The number of para-hydroxylation sites is 4. The zero-order chi connectivity index (χ0) is 89.2. The predicted molar refractivity (Wildman–Crippen MR) is 495 cm³/mol.